The molecule has 0 aliphatic heterocycles. The topological polar surface area (TPSA) is 37.4 Å². The van der Waals surface area contributed by atoms with Gasteiger partial charge in [0.15, 0.2) is 0 Å². The molecule has 8 heteroatoms. The Labute approximate surface area is 121 Å². The van der Waals surface area contributed by atoms with E-state index in [1.165, 1.54) is 13.1 Å². The molecular formula is C11H8BrF2NO2S2. The maximum atomic E-state index is 13.6. The first-order valence-electron chi connectivity index (χ1n) is 5.01. The highest BCUT2D eigenvalue weighted by atomic mass is 79.9. The van der Waals surface area contributed by atoms with Crippen molar-refractivity contribution in [2.24, 2.45) is 0 Å². The Bertz CT molecular complexity index is 715. The average molecular weight is 368 g/mol. The van der Waals surface area contributed by atoms with Crippen molar-refractivity contribution < 1.29 is 17.2 Å². The molecule has 0 aliphatic carbocycles. The van der Waals surface area contributed by atoms with Crippen LogP contribution in [0.3, 0.4) is 0 Å². The summed E-state index contributed by atoms with van der Waals surface area (Å²) in [6.45, 7) is 0. The first-order valence-corrected chi connectivity index (χ1v) is 8.06. The van der Waals surface area contributed by atoms with Gasteiger partial charge in [-0.25, -0.2) is 17.2 Å². The maximum Gasteiger partial charge on any atom is 0.273 e. The predicted octanol–water partition coefficient (Wildman–Crippen LogP) is 3.61. The third kappa shape index (κ3) is 2.80. The number of hydrogen-bond donors (Lipinski definition) is 0. The molecule has 0 saturated heterocycles. The van der Waals surface area contributed by atoms with Crippen LogP contribution in [0.1, 0.15) is 0 Å². The van der Waals surface area contributed by atoms with E-state index >= 15 is 0 Å². The van der Waals surface area contributed by atoms with E-state index in [0.717, 1.165) is 27.8 Å². The van der Waals surface area contributed by atoms with Crippen LogP contribution in [0.15, 0.2) is 38.3 Å². The van der Waals surface area contributed by atoms with E-state index in [1.54, 1.807) is 6.07 Å². The van der Waals surface area contributed by atoms with Crippen molar-refractivity contribution >= 4 is 43.0 Å². The van der Waals surface area contributed by atoms with Crippen LogP contribution in [0.25, 0.3) is 0 Å². The number of sulfonamides is 1. The van der Waals surface area contributed by atoms with Crippen LogP contribution in [0.2, 0.25) is 0 Å². The molecule has 2 rings (SSSR count). The summed E-state index contributed by atoms with van der Waals surface area (Å²) in [5, 5.41) is 0. The molecule has 1 aromatic carbocycles. The molecule has 0 amide bonds. The SMILES string of the molecule is CN(c1ccc(F)cc1F)S(=O)(=O)c1ccc(Br)s1. The Morgan fingerprint density at radius 2 is 1.89 bits per heavy atom. The van der Waals surface area contributed by atoms with E-state index in [-0.39, 0.29) is 9.90 Å². The molecule has 0 N–H and O–H groups in total. The number of thiophene rings is 1. The number of benzene rings is 1. The lowest BCUT2D eigenvalue weighted by atomic mass is 10.3. The maximum absolute atomic E-state index is 13.6. The third-order valence-electron chi connectivity index (χ3n) is 2.41. The zero-order valence-electron chi connectivity index (χ0n) is 9.60. The molecule has 0 spiro atoms. The predicted molar refractivity (Wildman–Crippen MR) is 74.0 cm³/mol. The smallest absolute Gasteiger partial charge is 0.266 e. The zero-order valence-corrected chi connectivity index (χ0v) is 12.8. The van der Waals surface area contributed by atoms with Gasteiger partial charge in [0.2, 0.25) is 0 Å². The average Bonchev–Trinajstić information content (AvgIpc) is 2.76. The van der Waals surface area contributed by atoms with Gasteiger partial charge >= 0.3 is 0 Å². The van der Waals surface area contributed by atoms with Gasteiger partial charge in [-0.15, -0.1) is 11.3 Å². The molecule has 0 aliphatic rings. The highest BCUT2D eigenvalue weighted by molar-refractivity contribution is 9.11. The normalized spacial score (nSPS) is 11.6. The quantitative estimate of drug-likeness (QED) is 0.830. The van der Waals surface area contributed by atoms with Crippen molar-refractivity contribution in [3.05, 3.63) is 45.8 Å². The number of rotatable bonds is 3. The molecule has 19 heavy (non-hydrogen) atoms. The minimum absolute atomic E-state index is 0.0746. The van der Waals surface area contributed by atoms with Crippen LogP contribution >= 0.6 is 27.3 Å². The molecule has 3 nitrogen and oxygen atoms in total. The van der Waals surface area contributed by atoms with Crippen LogP contribution in [0.4, 0.5) is 14.5 Å². The highest BCUT2D eigenvalue weighted by Gasteiger charge is 2.25. The molecule has 1 heterocycles. The fourth-order valence-electron chi connectivity index (χ4n) is 1.44. The molecular weight excluding hydrogens is 360 g/mol. The van der Waals surface area contributed by atoms with Crippen LogP contribution < -0.4 is 4.31 Å². The van der Waals surface area contributed by atoms with E-state index in [9.17, 15) is 17.2 Å². The van der Waals surface area contributed by atoms with Gasteiger partial charge in [-0.2, -0.15) is 0 Å². The molecule has 0 saturated carbocycles. The van der Waals surface area contributed by atoms with Gasteiger partial charge < -0.3 is 0 Å². The van der Waals surface area contributed by atoms with Gasteiger partial charge in [0, 0.05) is 13.1 Å². The fraction of sp³-hybridized carbons (Fsp3) is 0.0909. The van der Waals surface area contributed by atoms with Crippen molar-refractivity contribution in [1.82, 2.24) is 0 Å². The summed E-state index contributed by atoms with van der Waals surface area (Å²) in [4.78, 5) is 0. The second-order valence-electron chi connectivity index (χ2n) is 3.63. The van der Waals surface area contributed by atoms with Crippen molar-refractivity contribution in [3.63, 3.8) is 0 Å². The van der Waals surface area contributed by atoms with Crippen LogP contribution in [-0.2, 0) is 10.0 Å². The number of hydrogen-bond acceptors (Lipinski definition) is 3. The summed E-state index contributed by atoms with van der Waals surface area (Å²) in [5.41, 5.74) is -0.203. The van der Waals surface area contributed by atoms with Crippen molar-refractivity contribution in [2.75, 3.05) is 11.4 Å². The van der Waals surface area contributed by atoms with Crippen molar-refractivity contribution in [2.45, 2.75) is 4.21 Å². The summed E-state index contributed by atoms with van der Waals surface area (Å²) in [6, 6.07) is 5.75. The first kappa shape index (κ1) is 14.4. The molecule has 102 valence electrons. The Morgan fingerprint density at radius 3 is 2.42 bits per heavy atom. The number of nitrogens with zero attached hydrogens (tertiary/aromatic N) is 1. The Hall–Kier alpha value is -0.990. The number of halogens is 3. The second-order valence-corrected chi connectivity index (χ2v) is 8.29. The second kappa shape index (κ2) is 5.18. The van der Waals surface area contributed by atoms with Crippen LogP contribution in [0, 0.1) is 11.6 Å². The van der Waals surface area contributed by atoms with Crippen LogP contribution in [0.5, 0.6) is 0 Å². The molecule has 0 radical (unpaired) electrons. The van der Waals surface area contributed by atoms with Gasteiger partial charge in [0.25, 0.3) is 10.0 Å². The van der Waals surface area contributed by atoms with Gasteiger partial charge in [0.1, 0.15) is 15.8 Å². The zero-order chi connectivity index (χ0) is 14.2. The van der Waals surface area contributed by atoms with Crippen molar-refractivity contribution in [1.29, 1.82) is 0 Å². The summed E-state index contributed by atoms with van der Waals surface area (Å²) in [6.07, 6.45) is 0. The lowest BCUT2D eigenvalue weighted by molar-refractivity contribution is 0.577. The minimum atomic E-state index is -3.85. The molecule has 0 atom stereocenters. The molecule has 0 unspecified atom stereocenters. The summed E-state index contributed by atoms with van der Waals surface area (Å²) >= 11 is 4.18. The molecule has 2 aromatic rings. The number of anilines is 1. The van der Waals surface area contributed by atoms with E-state index in [2.05, 4.69) is 15.9 Å². The lowest BCUT2D eigenvalue weighted by Gasteiger charge is -2.18. The summed E-state index contributed by atoms with van der Waals surface area (Å²) in [5.74, 6) is -1.69. The van der Waals surface area contributed by atoms with Crippen molar-refractivity contribution in [3.8, 4) is 0 Å². The lowest BCUT2D eigenvalue weighted by Crippen LogP contribution is -2.26. The van der Waals surface area contributed by atoms with Crippen LogP contribution in [-0.4, -0.2) is 15.5 Å². The van der Waals surface area contributed by atoms with E-state index < -0.39 is 21.7 Å². The summed E-state index contributed by atoms with van der Waals surface area (Å²) in [7, 11) is -2.63. The van der Waals surface area contributed by atoms with Gasteiger partial charge in [-0.1, -0.05) is 0 Å². The largest absolute Gasteiger partial charge is 0.273 e. The standard InChI is InChI=1S/C11H8BrF2NO2S2/c1-15(9-3-2-7(13)6-8(9)14)19(16,17)11-5-4-10(12)18-11/h2-6H,1H3. The monoisotopic (exact) mass is 367 g/mol. The van der Waals surface area contributed by atoms with Gasteiger partial charge in [0.05, 0.1) is 9.47 Å². The summed E-state index contributed by atoms with van der Waals surface area (Å²) < 4.78 is 52.4. The van der Waals surface area contributed by atoms with E-state index in [0.29, 0.717) is 9.85 Å². The Kier molecular flexibility index (Phi) is 3.93. The Morgan fingerprint density at radius 1 is 1.21 bits per heavy atom. The Balaban J connectivity index is 2.46. The van der Waals surface area contributed by atoms with E-state index in [4.69, 9.17) is 0 Å². The van der Waals surface area contributed by atoms with Gasteiger partial charge in [-0.05, 0) is 40.2 Å². The molecule has 0 bridgehead atoms. The highest BCUT2D eigenvalue weighted by Crippen LogP contribution is 2.31. The van der Waals surface area contributed by atoms with E-state index in [1.807, 2.05) is 0 Å². The third-order valence-corrected chi connectivity index (χ3v) is 6.27. The van der Waals surface area contributed by atoms with Gasteiger partial charge in [-0.3, -0.25) is 4.31 Å². The first-order chi connectivity index (χ1) is 8.82. The molecule has 1 aromatic heterocycles. The fourth-order valence-corrected chi connectivity index (χ4v) is 4.82. The molecule has 0 fully saturated rings. The minimum Gasteiger partial charge on any atom is -0.266 e.